The Balaban J connectivity index is 2.55. The molecule has 1 fully saturated rings. The Morgan fingerprint density at radius 1 is 0.714 bits per heavy atom. The lowest BCUT2D eigenvalue weighted by Crippen LogP contribution is -2.14. The van der Waals surface area contributed by atoms with Crippen LogP contribution in [0.25, 0.3) is 0 Å². The van der Waals surface area contributed by atoms with E-state index in [-0.39, 0.29) is 0 Å². The summed E-state index contributed by atoms with van der Waals surface area (Å²) < 4.78 is 15.9. The smallest absolute Gasteiger partial charge is 0.134 e. The van der Waals surface area contributed by atoms with Gasteiger partial charge in [-0.3, -0.25) is 9.05 Å². The molecule has 0 amide bonds. The molecule has 1 saturated heterocycles. The van der Waals surface area contributed by atoms with E-state index in [2.05, 4.69) is 0 Å². The van der Waals surface area contributed by atoms with Crippen molar-refractivity contribution in [3.8, 4) is 0 Å². The van der Waals surface area contributed by atoms with Gasteiger partial charge in [-0.2, -0.15) is 0 Å². The molecule has 1 heterocycles. The maximum absolute atomic E-state index is 5.37. The lowest BCUT2D eigenvalue weighted by molar-refractivity contribution is 0.0816. The SMILES string of the molecule is [S-][P+]1([S-])C[P+]([S-])([S-])OCCOCCO1. The van der Waals surface area contributed by atoms with Gasteiger partial charge in [-0.25, -0.2) is 0 Å². The normalized spacial score (nSPS) is 28.3. The van der Waals surface area contributed by atoms with Gasteiger partial charge in [0.1, 0.15) is 19.1 Å². The first-order chi connectivity index (χ1) is 6.41. The topological polar surface area (TPSA) is 27.7 Å². The molecule has 0 bridgehead atoms. The van der Waals surface area contributed by atoms with E-state index < -0.39 is 11.8 Å². The highest BCUT2D eigenvalue weighted by Crippen LogP contribution is 2.71. The van der Waals surface area contributed by atoms with Gasteiger partial charge in [-0.15, -0.1) is 0 Å². The fourth-order valence-corrected chi connectivity index (χ4v) is 13.3. The Kier molecular flexibility index (Phi) is 6.26. The summed E-state index contributed by atoms with van der Waals surface area (Å²) in [4.78, 5) is 0. The molecule has 0 saturated carbocycles. The zero-order valence-corrected chi connectivity index (χ0v) is 12.3. The van der Waals surface area contributed by atoms with Crippen LogP contribution in [-0.2, 0) is 62.8 Å². The quantitative estimate of drug-likeness (QED) is 0.497. The van der Waals surface area contributed by atoms with Crippen LogP contribution in [0.1, 0.15) is 0 Å². The molecule has 0 aromatic heterocycles. The Bertz CT molecular complexity index is 174. The largest absolute Gasteiger partial charge is 0.544 e. The molecule has 0 spiro atoms. The summed E-state index contributed by atoms with van der Waals surface area (Å²) in [6.45, 7) is 1.87. The summed E-state index contributed by atoms with van der Waals surface area (Å²) in [5.41, 5.74) is 0. The van der Waals surface area contributed by atoms with Crippen molar-refractivity contribution in [1.82, 2.24) is 0 Å². The van der Waals surface area contributed by atoms with Crippen LogP contribution in [-0.4, -0.2) is 32.3 Å². The average molecular weight is 308 g/mol. The molecule has 0 atom stereocenters. The van der Waals surface area contributed by atoms with Crippen molar-refractivity contribution in [2.45, 2.75) is 0 Å². The van der Waals surface area contributed by atoms with Crippen molar-refractivity contribution in [2.75, 3.05) is 32.3 Å². The van der Waals surface area contributed by atoms with E-state index in [9.17, 15) is 0 Å². The average Bonchev–Trinajstić information content (AvgIpc) is 1.99. The molecule has 0 aromatic carbocycles. The molecule has 0 aliphatic carbocycles. The summed E-state index contributed by atoms with van der Waals surface area (Å²) in [5, 5.41) is 0. The van der Waals surface area contributed by atoms with Gasteiger partial charge in [0.05, 0.1) is 13.2 Å². The molecule has 14 heavy (non-hydrogen) atoms. The van der Waals surface area contributed by atoms with E-state index in [1.807, 2.05) is 0 Å². The van der Waals surface area contributed by atoms with E-state index in [0.29, 0.717) is 32.3 Å². The standard InChI is InChI=1S/C5H12O3P2S4/c11-9(12)5-10(13,14)8-4-2-6-1-3-7-9/h1-5H2,(H,11,12)(H,13,14)/p-2. The van der Waals surface area contributed by atoms with E-state index in [4.69, 9.17) is 62.8 Å². The molecule has 1 aliphatic heterocycles. The number of rotatable bonds is 0. The Morgan fingerprint density at radius 2 is 1.14 bits per heavy atom. The van der Waals surface area contributed by atoms with Gasteiger partial charge < -0.3 is 53.7 Å². The highest BCUT2D eigenvalue weighted by molar-refractivity contribution is 8.79. The number of hydrogen-bond donors (Lipinski definition) is 0. The molecule has 0 radical (unpaired) electrons. The van der Waals surface area contributed by atoms with Gasteiger partial charge in [0, 0.05) is 0 Å². The predicted molar refractivity (Wildman–Crippen MR) is 70.9 cm³/mol. The Morgan fingerprint density at radius 3 is 1.57 bits per heavy atom. The summed E-state index contributed by atoms with van der Waals surface area (Å²) in [7, 11) is 0. The van der Waals surface area contributed by atoms with Gasteiger partial charge >= 0.3 is 0 Å². The lowest BCUT2D eigenvalue weighted by atomic mass is 10.7. The van der Waals surface area contributed by atoms with Crippen LogP contribution in [0.3, 0.4) is 0 Å². The van der Waals surface area contributed by atoms with Crippen LogP contribution in [0.5, 0.6) is 0 Å². The second-order valence-electron chi connectivity index (χ2n) is 2.64. The van der Waals surface area contributed by atoms with Crippen molar-refractivity contribution >= 4 is 60.8 Å². The molecule has 3 nitrogen and oxygen atoms in total. The zero-order valence-electron chi connectivity index (χ0n) is 7.29. The molecule has 0 N–H and O–H groups in total. The summed E-state index contributed by atoms with van der Waals surface area (Å²) in [5.74, 6) is -4.16. The van der Waals surface area contributed by atoms with Crippen LogP contribution in [0.2, 0.25) is 0 Å². The Labute approximate surface area is 106 Å². The maximum Gasteiger partial charge on any atom is 0.134 e. The predicted octanol–water partition coefficient (Wildman–Crippen LogP) is 1.72. The van der Waals surface area contributed by atoms with Crippen LogP contribution in [0, 0.1) is 0 Å². The fourth-order valence-electron chi connectivity index (χ4n) is 0.866. The van der Waals surface area contributed by atoms with E-state index >= 15 is 0 Å². The first-order valence-corrected chi connectivity index (χ1v) is 11.7. The van der Waals surface area contributed by atoms with Crippen LogP contribution >= 0.6 is 11.8 Å². The molecular weight excluding hydrogens is 298 g/mol. The van der Waals surface area contributed by atoms with Crippen molar-refractivity contribution in [2.24, 2.45) is 0 Å². The highest BCUT2D eigenvalue weighted by atomic mass is 33.1. The molecule has 0 unspecified atom stereocenters. The molecule has 84 valence electrons. The second-order valence-corrected chi connectivity index (χ2v) is 15.2. The number of hydrogen-bond acceptors (Lipinski definition) is 7. The van der Waals surface area contributed by atoms with E-state index in [0.717, 1.165) is 0 Å². The summed E-state index contributed by atoms with van der Waals surface area (Å²) in [6, 6.07) is 0. The van der Waals surface area contributed by atoms with Crippen molar-refractivity contribution in [3.05, 3.63) is 0 Å². The third kappa shape index (κ3) is 6.02. The van der Waals surface area contributed by atoms with Gasteiger partial charge in [0.25, 0.3) is 0 Å². The first-order valence-electron chi connectivity index (χ1n) is 3.88. The minimum atomic E-state index is -2.27. The van der Waals surface area contributed by atoms with E-state index in [1.165, 1.54) is 0 Å². The van der Waals surface area contributed by atoms with Gasteiger partial charge in [0.2, 0.25) is 0 Å². The third-order valence-corrected chi connectivity index (χ3v) is 10.7. The van der Waals surface area contributed by atoms with Gasteiger partial charge in [-0.05, 0) is 0 Å². The summed E-state index contributed by atoms with van der Waals surface area (Å²) >= 11 is 20.6. The maximum atomic E-state index is 5.37. The van der Waals surface area contributed by atoms with Crippen LogP contribution < -0.4 is 0 Å². The second kappa shape index (κ2) is 6.18. The molecular formula is C5H10O3P2S4-2. The lowest BCUT2D eigenvalue weighted by Gasteiger charge is -2.46. The summed E-state index contributed by atoms with van der Waals surface area (Å²) in [6.07, 6.45) is 0. The zero-order chi connectivity index (χ0) is 10.7. The molecule has 1 rings (SSSR count). The third-order valence-electron chi connectivity index (χ3n) is 1.38. The van der Waals surface area contributed by atoms with Crippen molar-refractivity contribution in [3.63, 3.8) is 0 Å². The monoisotopic (exact) mass is 308 g/mol. The van der Waals surface area contributed by atoms with Crippen molar-refractivity contribution < 1.29 is 13.8 Å². The van der Waals surface area contributed by atoms with Crippen LogP contribution in [0.15, 0.2) is 0 Å². The molecule has 9 heteroatoms. The minimum absolute atomic E-state index is 0.384. The van der Waals surface area contributed by atoms with Gasteiger partial charge in [-0.1, -0.05) is 11.8 Å². The Hall–Kier alpha value is 2.14. The fraction of sp³-hybridized carbons (Fsp3) is 1.00. The highest BCUT2D eigenvalue weighted by Gasteiger charge is 2.21. The van der Waals surface area contributed by atoms with Crippen LogP contribution in [0.4, 0.5) is 0 Å². The van der Waals surface area contributed by atoms with Gasteiger partial charge in [0.15, 0.2) is 0 Å². The van der Waals surface area contributed by atoms with Crippen molar-refractivity contribution in [1.29, 1.82) is 0 Å². The molecule has 1 aliphatic rings. The number of ether oxygens (including phenoxy) is 1. The molecule has 0 aromatic rings. The van der Waals surface area contributed by atoms with E-state index in [1.54, 1.807) is 0 Å². The first kappa shape index (κ1) is 14.2. The minimum Gasteiger partial charge on any atom is -0.544 e.